The van der Waals surface area contributed by atoms with Crippen molar-refractivity contribution in [1.82, 2.24) is 15.2 Å². The third-order valence-corrected chi connectivity index (χ3v) is 8.21. The van der Waals surface area contributed by atoms with Crippen LogP contribution in [-0.4, -0.2) is 65.5 Å². The number of halogens is 2. The number of para-hydroxylation sites is 2. The Morgan fingerprint density at radius 1 is 1.14 bits per heavy atom. The van der Waals surface area contributed by atoms with E-state index >= 15 is 0 Å². The van der Waals surface area contributed by atoms with Crippen LogP contribution >= 0.6 is 11.8 Å². The minimum Gasteiger partial charge on any atom is -0.331 e. The zero-order valence-corrected chi connectivity index (χ0v) is 24.9. The Morgan fingerprint density at radius 3 is 2.43 bits per heavy atom. The Hall–Kier alpha value is -4.09. The maximum atomic E-state index is 14.2. The van der Waals surface area contributed by atoms with E-state index in [0.29, 0.717) is 20.1 Å². The molecule has 1 N–H and O–H groups in total. The molecule has 3 aromatic rings. The summed E-state index contributed by atoms with van der Waals surface area (Å²) in [6.07, 6.45) is 1.25. The van der Waals surface area contributed by atoms with Gasteiger partial charge in [-0.1, -0.05) is 50.2 Å². The fraction of sp³-hybridized carbons (Fsp3) is 0.321. The molecule has 222 valence electrons. The number of hydrogen-bond acceptors (Lipinski definition) is 8. The van der Waals surface area contributed by atoms with Crippen LogP contribution in [0, 0.1) is 18.3 Å². The Bertz CT molecular complexity index is 1630. The van der Waals surface area contributed by atoms with E-state index in [2.05, 4.69) is 10.3 Å². The largest absolute Gasteiger partial charge is 0.331 e. The predicted octanol–water partition coefficient (Wildman–Crippen LogP) is 4.70. The number of carbonyl (C=O) groups is 3. The lowest BCUT2D eigenvalue weighted by Gasteiger charge is -2.27. The molecular formula is C28H29F2N5O5S2. The lowest BCUT2D eigenvalue weighted by atomic mass is 10.1. The number of sulfonamides is 1. The van der Waals surface area contributed by atoms with Crippen LogP contribution in [0.2, 0.25) is 0 Å². The van der Waals surface area contributed by atoms with E-state index in [1.54, 1.807) is 37.3 Å². The number of amides is 3. The molecule has 0 saturated carbocycles. The number of fused-ring (bicyclic) bond motifs is 1. The molecular weight excluding hydrogens is 588 g/mol. The van der Waals surface area contributed by atoms with Crippen LogP contribution in [0.1, 0.15) is 36.2 Å². The molecule has 1 aromatic heterocycles. The number of aromatic nitrogens is 1. The number of likely N-dealkylation sites (tertiary alicyclic amines) is 1. The van der Waals surface area contributed by atoms with Gasteiger partial charge >= 0.3 is 5.24 Å². The van der Waals surface area contributed by atoms with Crippen molar-refractivity contribution in [3.63, 3.8) is 0 Å². The summed E-state index contributed by atoms with van der Waals surface area (Å²) in [6.45, 7) is 4.69. The van der Waals surface area contributed by atoms with Crippen LogP contribution < -0.4 is 9.62 Å². The summed E-state index contributed by atoms with van der Waals surface area (Å²) in [6, 6.07) is 13.9. The highest BCUT2D eigenvalue weighted by Crippen LogP contribution is 2.34. The highest BCUT2D eigenvalue weighted by atomic mass is 32.2. The molecule has 42 heavy (non-hydrogen) atoms. The van der Waals surface area contributed by atoms with E-state index in [-0.39, 0.29) is 23.0 Å². The van der Waals surface area contributed by atoms with Gasteiger partial charge < -0.3 is 10.2 Å². The number of anilines is 1. The highest BCUT2D eigenvalue weighted by Gasteiger charge is 2.49. The summed E-state index contributed by atoms with van der Waals surface area (Å²) in [5, 5.41) is 9.22. The van der Waals surface area contributed by atoms with E-state index in [9.17, 15) is 36.8 Å². The molecule has 4 rings (SSSR count). The zero-order chi connectivity index (χ0) is 31.2. The quantitative estimate of drug-likeness (QED) is 0.393. The van der Waals surface area contributed by atoms with E-state index in [0.717, 1.165) is 11.8 Å². The van der Waals surface area contributed by atoms with Gasteiger partial charge in [-0.25, -0.2) is 17.2 Å². The van der Waals surface area contributed by atoms with Gasteiger partial charge in [0.25, 0.3) is 17.7 Å². The standard InChI is InChI=1S/C26H23F2N5O5S2.C2H6/c1-16-7-6-10-19-20(11-12-30-21(16)19)22(34)31-23(24(35)32-15-26(27,28)13-18(32)14-29)39-25(36)33(40(2,37)38)17-8-4-3-5-9-17;1-2/h3-12,18,23H,13,15H2,1-2H3,(H,31,34);1-2H3. The number of nitrogens with zero attached hydrogens (tertiary/aromatic N) is 4. The Morgan fingerprint density at radius 2 is 1.81 bits per heavy atom. The Labute approximate surface area is 246 Å². The van der Waals surface area contributed by atoms with E-state index in [1.807, 2.05) is 13.8 Å². The third kappa shape index (κ3) is 7.21. The first-order valence-electron chi connectivity index (χ1n) is 12.8. The van der Waals surface area contributed by atoms with Crippen molar-refractivity contribution >= 4 is 55.4 Å². The molecule has 0 spiro atoms. The van der Waals surface area contributed by atoms with Gasteiger partial charge in [0.15, 0.2) is 5.37 Å². The van der Waals surface area contributed by atoms with Crippen molar-refractivity contribution in [3.8, 4) is 6.07 Å². The molecule has 1 saturated heterocycles. The Kier molecular flexibility index (Phi) is 10.2. The second-order valence-corrected chi connectivity index (χ2v) is 12.0. The van der Waals surface area contributed by atoms with Crippen LogP contribution in [0.4, 0.5) is 19.3 Å². The summed E-state index contributed by atoms with van der Waals surface area (Å²) in [7, 11) is -4.21. The molecule has 0 bridgehead atoms. The number of rotatable bonds is 6. The van der Waals surface area contributed by atoms with Gasteiger partial charge in [0.05, 0.1) is 35.6 Å². The summed E-state index contributed by atoms with van der Waals surface area (Å²) in [5.74, 6) is -5.34. The summed E-state index contributed by atoms with van der Waals surface area (Å²) in [5.41, 5.74) is 1.34. The molecule has 2 aromatic carbocycles. The first kappa shape index (κ1) is 32.4. The van der Waals surface area contributed by atoms with Crippen molar-refractivity contribution < 1.29 is 31.6 Å². The maximum Gasteiger partial charge on any atom is 0.302 e. The first-order valence-corrected chi connectivity index (χ1v) is 15.5. The minimum absolute atomic E-state index is 0.0294. The molecule has 0 aliphatic carbocycles. The number of aryl methyl sites for hydroxylation is 1. The molecule has 0 radical (unpaired) electrons. The molecule has 2 heterocycles. The van der Waals surface area contributed by atoms with Crippen LogP contribution in [0.15, 0.2) is 60.8 Å². The van der Waals surface area contributed by atoms with Gasteiger partial charge in [0.1, 0.15) is 6.04 Å². The number of nitriles is 1. The number of carbonyl (C=O) groups excluding carboxylic acids is 3. The second-order valence-electron chi connectivity index (χ2n) is 9.10. The van der Waals surface area contributed by atoms with Gasteiger partial charge in [-0.05, 0) is 42.4 Å². The van der Waals surface area contributed by atoms with Gasteiger partial charge in [0.2, 0.25) is 10.0 Å². The normalized spacial score (nSPS) is 16.5. The molecule has 10 nitrogen and oxygen atoms in total. The highest BCUT2D eigenvalue weighted by molar-refractivity contribution is 8.16. The average molecular weight is 618 g/mol. The fourth-order valence-corrected chi connectivity index (χ4v) is 6.43. The molecule has 1 fully saturated rings. The van der Waals surface area contributed by atoms with Gasteiger partial charge in [-0.2, -0.15) is 9.57 Å². The topological polar surface area (TPSA) is 141 Å². The molecule has 1 aliphatic heterocycles. The number of benzene rings is 2. The number of alkyl halides is 2. The van der Waals surface area contributed by atoms with Crippen LogP contribution in [0.5, 0.6) is 0 Å². The molecule has 1 aliphatic rings. The van der Waals surface area contributed by atoms with Crippen LogP contribution in [-0.2, 0) is 14.8 Å². The fourth-order valence-electron chi connectivity index (χ4n) is 4.32. The summed E-state index contributed by atoms with van der Waals surface area (Å²) in [4.78, 5) is 45.1. The van der Waals surface area contributed by atoms with Gasteiger partial charge in [-0.3, -0.25) is 19.4 Å². The second kappa shape index (κ2) is 13.3. The van der Waals surface area contributed by atoms with Crippen molar-refractivity contribution in [2.75, 3.05) is 17.1 Å². The Balaban J connectivity index is 0.00000237. The first-order chi connectivity index (χ1) is 19.8. The number of hydrogen-bond donors (Lipinski definition) is 1. The van der Waals surface area contributed by atoms with Crippen molar-refractivity contribution in [2.24, 2.45) is 0 Å². The van der Waals surface area contributed by atoms with Crippen LogP contribution in [0.3, 0.4) is 0 Å². The number of nitrogens with one attached hydrogen (secondary N) is 1. The zero-order valence-electron chi connectivity index (χ0n) is 23.2. The molecule has 3 amide bonds. The van der Waals surface area contributed by atoms with Crippen LogP contribution in [0.25, 0.3) is 10.9 Å². The minimum atomic E-state index is -4.21. The molecule has 14 heteroatoms. The van der Waals surface area contributed by atoms with E-state index in [1.165, 1.54) is 36.5 Å². The smallest absolute Gasteiger partial charge is 0.302 e. The number of thioether (sulfide) groups is 1. The van der Waals surface area contributed by atoms with E-state index in [4.69, 9.17) is 0 Å². The monoisotopic (exact) mass is 617 g/mol. The summed E-state index contributed by atoms with van der Waals surface area (Å²) < 4.78 is 53.9. The SMILES string of the molecule is CC.Cc1cccc2c(C(=O)NC(SC(=O)N(c3ccccc3)S(C)(=O)=O)C(=O)N3CC(F)(F)CC3C#N)ccnc12. The predicted molar refractivity (Wildman–Crippen MR) is 157 cm³/mol. The molecule has 2 unspecified atom stereocenters. The van der Waals surface area contributed by atoms with Gasteiger partial charge in [-0.15, -0.1) is 0 Å². The summed E-state index contributed by atoms with van der Waals surface area (Å²) >= 11 is 0.128. The lowest BCUT2D eigenvalue weighted by Crippen LogP contribution is -2.50. The lowest BCUT2D eigenvalue weighted by molar-refractivity contribution is -0.132. The third-order valence-electron chi connectivity index (χ3n) is 6.11. The van der Waals surface area contributed by atoms with Crippen molar-refractivity contribution in [3.05, 3.63) is 71.9 Å². The van der Waals surface area contributed by atoms with E-state index < -0.39 is 57.4 Å². The van der Waals surface area contributed by atoms with Gasteiger partial charge in [0, 0.05) is 18.0 Å². The van der Waals surface area contributed by atoms with Crippen molar-refractivity contribution in [2.45, 2.75) is 44.5 Å². The molecule has 2 atom stereocenters. The maximum absolute atomic E-state index is 14.2. The average Bonchev–Trinajstić information content (AvgIpc) is 3.27. The number of pyridine rings is 1. The van der Waals surface area contributed by atoms with Crippen molar-refractivity contribution in [1.29, 1.82) is 5.26 Å².